The van der Waals surface area contributed by atoms with E-state index in [1.165, 1.54) is 6.20 Å². The number of carbonyl (C=O) groups is 1. The van der Waals surface area contributed by atoms with Gasteiger partial charge in [-0.15, -0.1) is 0 Å². The summed E-state index contributed by atoms with van der Waals surface area (Å²) in [6.45, 7) is 10.3. The van der Waals surface area contributed by atoms with Gasteiger partial charge in [0.1, 0.15) is 5.56 Å². The van der Waals surface area contributed by atoms with Gasteiger partial charge in [-0.05, 0) is 33.8 Å². The Hall–Kier alpha value is -4.28. The predicted octanol–water partition coefficient (Wildman–Crippen LogP) is 2.94. The van der Waals surface area contributed by atoms with Crippen LogP contribution in [0.5, 0.6) is 0 Å². The fourth-order valence-electron chi connectivity index (χ4n) is 4.03. The van der Waals surface area contributed by atoms with Crippen LogP contribution in [0.15, 0.2) is 43.2 Å². The fourth-order valence-corrected chi connectivity index (χ4v) is 4.03. The van der Waals surface area contributed by atoms with Crippen LogP contribution in [-0.2, 0) is 19.6 Å². The lowest BCUT2D eigenvalue weighted by Crippen LogP contribution is -2.12. The van der Waals surface area contributed by atoms with Gasteiger partial charge in [0.15, 0.2) is 5.65 Å². The molecular weight excluding hydrogens is 432 g/mol. The number of rotatable bonds is 7. The Morgan fingerprint density at radius 2 is 1.85 bits per heavy atom. The quantitative estimate of drug-likeness (QED) is 0.401. The molecule has 5 aromatic rings. The highest BCUT2D eigenvalue weighted by Crippen LogP contribution is 2.24. The normalized spacial score (nSPS) is 11.4. The molecule has 11 heteroatoms. The summed E-state index contributed by atoms with van der Waals surface area (Å²) in [5.74, 6) is -0.296. The van der Waals surface area contributed by atoms with E-state index < -0.39 is 0 Å². The summed E-state index contributed by atoms with van der Waals surface area (Å²) in [6, 6.07) is 1.87. The second-order valence-electron chi connectivity index (χ2n) is 8.06. The summed E-state index contributed by atoms with van der Waals surface area (Å²) < 4.78 is 7.28. The van der Waals surface area contributed by atoms with Gasteiger partial charge in [0.05, 0.1) is 42.2 Å². The molecule has 0 bridgehead atoms. The molecule has 0 aliphatic rings. The highest BCUT2D eigenvalue weighted by atomic mass is 16.1. The van der Waals surface area contributed by atoms with Crippen LogP contribution in [-0.4, -0.2) is 49.8 Å². The molecule has 0 radical (unpaired) electrons. The fraction of sp³-hybridized carbons (Fsp3) is 0.304. The van der Waals surface area contributed by atoms with Crippen molar-refractivity contribution in [2.75, 3.05) is 5.32 Å². The topological polar surface area (TPSA) is 113 Å². The predicted molar refractivity (Wildman–Crippen MR) is 127 cm³/mol. The molecule has 0 aromatic carbocycles. The van der Waals surface area contributed by atoms with E-state index in [0.717, 1.165) is 41.3 Å². The molecule has 1 N–H and O–H groups in total. The number of hydrogen-bond acceptors (Lipinski definition) is 6. The highest BCUT2D eigenvalue weighted by Gasteiger charge is 2.19. The van der Waals surface area contributed by atoms with Crippen LogP contribution in [0.1, 0.15) is 41.2 Å². The minimum atomic E-state index is -0.296. The van der Waals surface area contributed by atoms with Gasteiger partial charge in [-0.1, -0.05) is 0 Å². The average molecular weight is 459 g/mol. The van der Waals surface area contributed by atoms with Crippen LogP contribution in [0.2, 0.25) is 0 Å². The van der Waals surface area contributed by atoms with Crippen LogP contribution in [0.4, 0.5) is 5.69 Å². The van der Waals surface area contributed by atoms with Crippen LogP contribution >= 0.6 is 0 Å². The summed E-state index contributed by atoms with van der Waals surface area (Å²) in [5, 5.41) is 20.6. The lowest BCUT2D eigenvalue weighted by molar-refractivity contribution is 0.102. The molecule has 5 rings (SSSR count). The molecule has 0 spiro atoms. The molecule has 0 atom stereocenters. The van der Waals surface area contributed by atoms with E-state index in [0.29, 0.717) is 23.4 Å². The lowest BCUT2D eigenvalue weighted by Gasteiger charge is -2.04. The molecule has 0 saturated heterocycles. The number of nitrogens with zero attached hydrogens (tertiary/aromatic N) is 9. The largest absolute Gasteiger partial charge is 0.319 e. The first-order chi connectivity index (χ1) is 16.5. The summed E-state index contributed by atoms with van der Waals surface area (Å²) >= 11 is 0. The molecule has 0 unspecified atom stereocenters. The van der Waals surface area contributed by atoms with Crippen molar-refractivity contribution in [2.45, 2.75) is 47.3 Å². The van der Waals surface area contributed by atoms with Crippen LogP contribution < -0.4 is 5.32 Å². The van der Waals surface area contributed by atoms with Gasteiger partial charge >= 0.3 is 0 Å². The molecule has 5 aromatic heterocycles. The van der Waals surface area contributed by atoms with Gasteiger partial charge in [0.25, 0.3) is 5.91 Å². The van der Waals surface area contributed by atoms with Crippen molar-refractivity contribution in [1.29, 1.82) is 0 Å². The van der Waals surface area contributed by atoms with Gasteiger partial charge in [0, 0.05) is 48.5 Å². The Balaban J connectivity index is 1.37. The van der Waals surface area contributed by atoms with Gasteiger partial charge < -0.3 is 5.32 Å². The molecule has 5 heterocycles. The molecule has 0 saturated carbocycles. The third kappa shape index (κ3) is 3.74. The van der Waals surface area contributed by atoms with Gasteiger partial charge in [-0.25, -0.2) is 9.50 Å². The highest BCUT2D eigenvalue weighted by molar-refractivity contribution is 6.08. The summed E-state index contributed by atoms with van der Waals surface area (Å²) in [4.78, 5) is 17.5. The molecule has 0 aliphatic heterocycles. The zero-order valence-corrected chi connectivity index (χ0v) is 19.6. The Bertz CT molecular complexity index is 1480. The molecule has 1 amide bonds. The second kappa shape index (κ2) is 8.58. The van der Waals surface area contributed by atoms with Crippen molar-refractivity contribution in [1.82, 2.24) is 43.9 Å². The molecule has 0 aliphatic carbocycles. The number of nitrogens with one attached hydrogen (secondary N) is 1. The standard InChI is InChI=1S/C23H26N10O/c1-5-30-14-20(15(3)29-30)21-7-8-24-22-19(11-27-33(21)22)23(34)28-18-10-25-31(13-18)12-17-9-26-32(6-2)16(17)4/h7-11,13-14H,5-6,12H2,1-4H3,(H,28,34). The number of carbonyl (C=O) groups excluding carboxylic acids is 1. The van der Waals surface area contributed by atoms with E-state index >= 15 is 0 Å². The third-order valence-electron chi connectivity index (χ3n) is 5.92. The van der Waals surface area contributed by atoms with Crippen LogP contribution in [0.25, 0.3) is 16.9 Å². The average Bonchev–Trinajstić information content (AvgIpc) is 3.61. The van der Waals surface area contributed by atoms with Crippen LogP contribution in [0.3, 0.4) is 0 Å². The molecular formula is C23H26N10O. The second-order valence-corrected chi connectivity index (χ2v) is 8.06. The maximum Gasteiger partial charge on any atom is 0.261 e. The van der Waals surface area contributed by atoms with E-state index in [1.54, 1.807) is 27.8 Å². The third-order valence-corrected chi connectivity index (χ3v) is 5.92. The van der Waals surface area contributed by atoms with E-state index in [4.69, 9.17) is 0 Å². The Morgan fingerprint density at radius 1 is 1.00 bits per heavy atom. The zero-order valence-electron chi connectivity index (χ0n) is 19.6. The minimum absolute atomic E-state index is 0.296. The smallest absolute Gasteiger partial charge is 0.261 e. The first-order valence-corrected chi connectivity index (χ1v) is 11.2. The lowest BCUT2D eigenvalue weighted by atomic mass is 10.2. The summed E-state index contributed by atoms with van der Waals surface area (Å²) in [6.07, 6.45) is 10.5. The number of aryl methyl sites for hydroxylation is 3. The zero-order chi connectivity index (χ0) is 23.8. The van der Waals surface area contributed by atoms with Crippen molar-refractivity contribution in [2.24, 2.45) is 0 Å². The van der Waals surface area contributed by atoms with E-state index in [1.807, 2.05) is 48.6 Å². The Morgan fingerprint density at radius 3 is 2.59 bits per heavy atom. The SMILES string of the molecule is CCn1cc(-c2ccnc3c(C(=O)Nc4cnn(Cc5cnn(CC)c5C)c4)cnn23)c(C)n1. The number of amides is 1. The monoisotopic (exact) mass is 458 g/mol. The summed E-state index contributed by atoms with van der Waals surface area (Å²) in [5.41, 5.74) is 6.33. The number of fused-ring (bicyclic) bond motifs is 1. The number of aromatic nitrogens is 9. The Kier molecular flexibility index (Phi) is 5.44. The van der Waals surface area contributed by atoms with Gasteiger partial charge in [-0.2, -0.15) is 20.4 Å². The van der Waals surface area contributed by atoms with E-state index in [2.05, 4.69) is 37.6 Å². The van der Waals surface area contributed by atoms with Crippen molar-refractivity contribution >= 4 is 17.2 Å². The van der Waals surface area contributed by atoms with Crippen molar-refractivity contribution in [3.05, 3.63) is 65.8 Å². The Labute approximate surface area is 196 Å². The first-order valence-electron chi connectivity index (χ1n) is 11.2. The van der Waals surface area contributed by atoms with E-state index in [9.17, 15) is 4.79 Å². The maximum absolute atomic E-state index is 13.0. The molecule has 11 nitrogen and oxygen atoms in total. The molecule has 34 heavy (non-hydrogen) atoms. The maximum atomic E-state index is 13.0. The van der Waals surface area contributed by atoms with Crippen molar-refractivity contribution in [3.8, 4) is 11.3 Å². The van der Waals surface area contributed by atoms with Crippen molar-refractivity contribution < 1.29 is 4.79 Å². The minimum Gasteiger partial charge on any atom is -0.319 e. The first kappa shape index (κ1) is 21.6. The number of hydrogen-bond donors (Lipinski definition) is 1. The van der Waals surface area contributed by atoms with Gasteiger partial charge in [0.2, 0.25) is 0 Å². The van der Waals surface area contributed by atoms with E-state index in [-0.39, 0.29) is 5.91 Å². The molecule has 0 fully saturated rings. The number of anilines is 1. The van der Waals surface area contributed by atoms with Crippen molar-refractivity contribution in [3.63, 3.8) is 0 Å². The molecule has 174 valence electrons. The summed E-state index contributed by atoms with van der Waals surface area (Å²) in [7, 11) is 0. The van der Waals surface area contributed by atoms with Crippen LogP contribution in [0, 0.1) is 13.8 Å². The van der Waals surface area contributed by atoms with Gasteiger partial charge in [-0.3, -0.25) is 18.8 Å².